The minimum Gasteiger partial charge on any atom is -0.289 e. The Balaban J connectivity index is 1.99. The molecule has 4 nitrogen and oxygen atoms in total. The molecule has 0 aliphatic heterocycles. The van der Waals surface area contributed by atoms with Crippen molar-refractivity contribution in [2.24, 2.45) is 0 Å². The van der Waals surface area contributed by atoms with Crippen LogP contribution in [0.1, 0.15) is 21.5 Å². The molecule has 1 N–H and O–H groups in total. The fourth-order valence-corrected chi connectivity index (χ4v) is 3.78. The van der Waals surface area contributed by atoms with Crippen LogP contribution in [0.25, 0.3) is 6.08 Å². The first-order valence-electron chi connectivity index (χ1n) is 8.05. The summed E-state index contributed by atoms with van der Waals surface area (Å²) in [6.45, 7) is 3.64. The van der Waals surface area contributed by atoms with Crippen molar-refractivity contribution in [3.63, 3.8) is 0 Å². The molecular weight excluding hydrogens is 382 g/mol. The zero-order valence-electron chi connectivity index (χ0n) is 14.2. The third kappa shape index (κ3) is 4.27. The van der Waals surface area contributed by atoms with E-state index in [-0.39, 0.29) is 21.9 Å². The van der Waals surface area contributed by atoms with Crippen LogP contribution in [0.5, 0.6) is 0 Å². The first-order chi connectivity index (χ1) is 12.9. The second-order valence-electron chi connectivity index (χ2n) is 5.76. The number of hydrogen-bond acceptors (Lipinski definition) is 3. The first-order valence-corrected chi connectivity index (χ1v) is 9.91. The van der Waals surface area contributed by atoms with E-state index in [9.17, 15) is 13.2 Å². The molecule has 0 saturated heterocycles. The molecule has 0 fully saturated rings. The van der Waals surface area contributed by atoms with E-state index in [2.05, 4.69) is 11.3 Å². The molecule has 3 aromatic rings. The van der Waals surface area contributed by atoms with E-state index in [1.807, 2.05) is 0 Å². The molecule has 0 bridgehead atoms. The monoisotopic (exact) mass is 397 g/mol. The van der Waals surface area contributed by atoms with Gasteiger partial charge >= 0.3 is 0 Å². The molecular formula is C21H16ClNO3S. The topological polar surface area (TPSA) is 63.2 Å². The molecule has 0 heterocycles. The number of carbonyl (C=O) groups is 1. The Morgan fingerprint density at radius 3 is 2.26 bits per heavy atom. The minimum atomic E-state index is -3.87. The lowest BCUT2D eigenvalue weighted by Gasteiger charge is -2.13. The Morgan fingerprint density at radius 1 is 0.963 bits per heavy atom. The normalized spacial score (nSPS) is 11.0. The number of halogens is 1. The van der Waals surface area contributed by atoms with Crippen molar-refractivity contribution in [3.05, 3.63) is 101 Å². The quantitative estimate of drug-likeness (QED) is 0.594. The van der Waals surface area contributed by atoms with E-state index in [0.29, 0.717) is 10.6 Å². The molecule has 0 radical (unpaired) electrons. The van der Waals surface area contributed by atoms with Crippen LogP contribution < -0.4 is 4.72 Å². The third-order valence-electron chi connectivity index (χ3n) is 3.93. The van der Waals surface area contributed by atoms with Gasteiger partial charge in [-0.15, -0.1) is 0 Å². The molecule has 0 saturated carbocycles. The first kappa shape index (κ1) is 18.9. The van der Waals surface area contributed by atoms with Crippen molar-refractivity contribution in [2.75, 3.05) is 4.72 Å². The van der Waals surface area contributed by atoms with E-state index in [1.165, 1.54) is 30.3 Å². The van der Waals surface area contributed by atoms with Crippen LogP contribution in [0, 0.1) is 0 Å². The maximum Gasteiger partial charge on any atom is 0.261 e. The van der Waals surface area contributed by atoms with Crippen LogP contribution in [0.3, 0.4) is 0 Å². The molecule has 27 heavy (non-hydrogen) atoms. The van der Waals surface area contributed by atoms with Gasteiger partial charge in [0.2, 0.25) is 0 Å². The summed E-state index contributed by atoms with van der Waals surface area (Å²) in [5, 5.41) is 0.340. The highest BCUT2D eigenvalue weighted by Gasteiger charge is 2.20. The Hall–Kier alpha value is -2.89. The number of rotatable bonds is 6. The molecule has 0 spiro atoms. The Morgan fingerprint density at radius 2 is 1.63 bits per heavy atom. The van der Waals surface area contributed by atoms with Crippen molar-refractivity contribution in [1.82, 2.24) is 0 Å². The molecule has 0 aliphatic carbocycles. The number of carbonyl (C=O) groups excluding carboxylic acids is 1. The highest BCUT2D eigenvalue weighted by Crippen LogP contribution is 2.26. The van der Waals surface area contributed by atoms with E-state index in [1.54, 1.807) is 48.5 Å². The molecule has 136 valence electrons. The average Bonchev–Trinajstić information content (AvgIpc) is 2.69. The highest BCUT2D eigenvalue weighted by molar-refractivity contribution is 7.92. The Labute approximate surface area is 163 Å². The van der Waals surface area contributed by atoms with Gasteiger partial charge in [-0.05, 0) is 35.9 Å². The largest absolute Gasteiger partial charge is 0.289 e. The minimum absolute atomic E-state index is 0.0844. The predicted octanol–water partition coefficient (Wildman–Crippen LogP) is 5.01. The van der Waals surface area contributed by atoms with Gasteiger partial charge in [0.25, 0.3) is 10.0 Å². The van der Waals surface area contributed by atoms with Gasteiger partial charge in [0.1, 0.15) is 0 Å². The summed E-state index contributed by atoms with van der Waals surface area (Å²) in [5.41, 5.74) is 1.59. The number of sulfonamides is 1. The SMILES string of the molecule is C=Cc1ccc(S(=O)(=O)Nc2ccc(Cl)cc2C(=O)c2ccccc2)cc1. The maximum absolute atomic E-state index is 12.8. The van der Waals surface area contributed by atoms with Crippen LogP contribution in [-0.4, -0.2) is 14.2 Å². The van der Waals surface area contributed by atoms with Crippen molar-refractivity contribution < 1.29 is 13.2 Å². The molecule has 0 atom stereocenters. The third-order valence-corrected chi connectivity index (χ3v) is 5.55. The van der Waals surface area contributed by atoms with E-state index in [0.717, 1.165) is 5.56 Å². The van der Waals surface area contributed by atoms with Gasteiger partial charge in [-0.2, -0.15) is 0 Å². The molecule has 3 aromatic carbocycles. The summed E-state index contributed by atoms with van der Waals surface area (Å²) < 4.78 is 27.9. The highest BCUT2D eigenvalue weighted by atomic mass is 35.5. The number of anilines is 1. The maximum atomic E-state index is 12.8. The average molecular weight is 398 g/mol. The van der Waals surface area contributed by atoms with E-state index >= 15 is 0 Å². The van der Waals surface area contributed by atoms with Crippen LogP contribution >= 0.6 is 11.6 Å². The second-order valence-corrected chi connectivity index (χ2v) is 7.88. The van der Waals surface area contributed by atoms with Gasteiger partial charge in [0, 0.05) is 16.1 Å². The van der Waals surface area contributed by atoms with Crippen molar-refractivity contribution in [1.29, 1.82) is 0 Å². The van der Waals surface area contributed by atoms with Gasteiger partial charge in [-0.1, -0.05) is 66.7 Å². The standard InChI is InChI=1S/C21H16ClNO3S/c1-2-15-8-11-18(12-9-15)27(25,26)23-20-13-10-17(22)14-19(20)21(24)16-6-4-3-5-7-16/h2-14,23H,1H2. The summed E-state index contributed by atoms with van der Waals surface area (Å²) in [5.74, 6) is -0.321. The molecule has 3 rings (SSSR count). The fourth-order valence-electron chi connectivity index (χ4n) is 2.53. The molecule has 0 amide bonds. The van der Waals surface area contributed by atoms with Gasteiger partial charge < -0.3 is 0 Å². The Bertz CT molecular complexity index is 1090. The molecule has 0 unspecified atom stereocenters. The lowest BCUT2D eigenvalue weighted by molar-refractivity contribution is 0.103. The van der Waals surface area contributed by atoms with Gasteiger partial charge in [-0.25, -0.2) is 8.42 Å². The summed E-state index contributed by atoms with van der Waals surface area (Å²) in [6, 6.07) is 19.3. The van der Waals surface area contributed by atoms with E-state index < -0.39 is 10.0 Å². The number of hydrogen-bond donors (Lipinski definition) is 1. The van der Waals surface area contributed by atoms with Crippen LogP contribution in [0.2, 0.25) is 5.02 Å². The van der Waals surface area contributed by atoms with Crippen LogP contribution in [0.15, 0.2) is 84.3 Å². The van der Waals surface area contributed by atoms with E-state index in [4.69, 9.17) is 11.6 Å². The van der Waals surface area contributed by atoms with Crippen molar-refractivity contribution >= 4 is 39.2 Å². The number of ketones is 1. The lowest BCUT2D eigenvalue weighted by Crippen LogP contribution is -2.16. The molecule has 0 aromatic heterocycles. The smallest absolute Gasteiger partial charge is 0.261 e. The van der Waals surface area contributed by atoms with Gasteiger partial charge in [-0.3, -0.25) is 9.52 Å². The van der Waals surface area contributed by atoms with Crippen molar-refractivity contribution in [3.8, 4) is 0 Å². The lowest BCUT2D eigenvalue weighted by atomic mass is 10.0. The number of nitrogens with one attached hydrogen (secondary N) is 1. The molecule has 6 heteroatoms. The zero-order valence-corrected chi connectivity index (χ0v) is 15.8. The molecule has 0 aliphatic rings. The summed E-state index contributed by atoms with van der Waals surface area (Å²) in [6.07, 6.45) is 1.62. The summed E-state index contributed by atoms with van der Waals surface area (Å²) >= 11 is 6.03. The fraction of sp³-hybridized carbons (Fsp3) is 0. The number of benzene rings is 3. The zero-order chi connectivity index (χ0) is 19.4. The van der Waals surface area contributed by atoms with Gasteiger partial charge in [0.15, 0.2) is 5.78 Å². The van der Waals surface area contributed by atoms with Crippen LogP contribution in [0.4, 0.5) is 5.69 Å². The second kappa shape index (κ2) is 7.78. The summed E-state index contributed by atoms with van der Waals surface area (Å²) in [4.78, 5) is 12.9. The summed E-state index contributed by atoms with van der Waals surface area (Å²) in [7, 11) is -3.87. The van der Waals surface area contributed by atoms with Crippen molar-refractivity contribution in [2.45, 2.75) is 4.90 Å². The van der Waals surface area contributed by atoms with Crippen LogP contribution in [-0.2, 0) is 10.0 Å². The Kier molecular flexibility index (Phi) is 5.44. The predicted molar refractivity (Wildman–Crippen MR) is 109 cm³/mol. The van der Waals surface area contributed by atoms with Gasteiger partial charge in [0.05, 0.1) is 10.6 Å².